The summed E-state index contributed by atoms with van der Waals surface area (Å²) >= 11 is 0. The smallest absolute Gasteiger partial charge is 0.257 e. The molecule has 26 heavy (non-hydrogen) atoms. The van der Waals surface area contributed by atoms with Crippen LogP contribution in [0.3, 0.4) is 0 Å². The number of rotatable bonds is 3. The third-order valence-corrected chi connectivity index (χ3v) is 5.01. The van der Waals surface area contributed by atoms with Crippen LogP contribution in [-0.4, -0.2) is 37.3 Å². The lowest BCUT2D eigenvalue weighted by Crippen LogP contribution is -2.39. The van der Waals surface area contributed by atoms with Crippen molar-refractivity contribution in [2.24, 2.45) is 0 Å². The summed E-state index contributed by atoms with van der Waals surface area (Å²) in [4.78, 5) is 31.8. The molecule has 0 spiro atoms. The van der Waals surface area contributed by atoms with Gasteiger partial charge in [-0.3, -0.25) is 4.79 Å². The molecule has 0 bridgehead atoms. The maximum Gasteiger partial charge on any atom is 0.257 e. The first-order valence-corrected chi connectivity index (χ1v) is 9.20. The zero-order chi connectivity index (χ0) is 18.1. The highest BCUT2D eigenvalue weighted by Gasteiger charge is 2.32. The number of carbonyl (C=O) groups excluding carboxylic acids is 1. The van der Waals surface area contributed by atoms with Gasteiger partial charge in [-0.05, 0) is 37.3 Å². The highest BCUT2D eigenvalue weighted by Crippen LogP contribution is 2.32. The van der Waals surface area contributed by atoms with Gasteiger partial charge >= 0.3 is 0 Å². The van der Waals surface area contributed by atoms with Crippen LogP contribution in [0, 0.1) is 0 Å². The minimum atomic E-state index is -0.0381. The maximum absolute atomic E-state index is 13.3. The summed E-state index contributed by atoms with van der Waals surface area (Å²) in [5, 5.41) is 0. The van der Waals surface area contributed by atoms with Crippen LogP contribution in [0.1, 0.15) is 66.9 Å². The Hall–Kier alpha value is -2.76. The lowest BCUT2D eigenvalue weighted by molar-refractivity contribution is 0.0598. The number of likely N-dealkylation sites (tertiary alicyclic amines) is 1. The van der Waals surface area contributed by atoms with Crippen molar-refractivity contribution in [3.8, 4) is 0 Å². The molecular formula is C20H23N5O. The van der Waals surface area contributed by atoms with Crippen molar-refractivity contribution >= 4 is 16.9 Å². The quantitative estimate of drug-likeness (QED) is 0.779. The van der Waals surface area contributed by atoms with Crippen LogP contribution >= 0.6 is 0 Å². The average Bonchev–Trinajstić information content (AvgIpc) is 3.11. The zero-order valence-electron chi connectivity index (χ0n) is 15.1. The van der Waals surface area contributed by atoms with Crippen LogP contribution < -0.4 is 0 Å². The van der Waals surface area contributed by atoms with E-state index in [2.05, 4.69) is 15.0 Å². The SMILES string of the molecule is CC(C)c1ncncc1C(=O)N1CCCCC1c1nc2ccccc2[nH]1. The lowest BCUT2D eigenvalue weighted by Gasteiger charge is -2.35. The number of hydrogen-bond donors (Lipinski definition) is 1. The van der Waals surface area contributed by atoms with E-state index in [-0.39, 0.29) is 17.9 Å². The maximum atomic E-state index is 13.3. The summed E-state index contributed by atoms with van der Waals surface area (Å²) < 4.78 is 0. The van der Waals surface area contributed by atoms with Crippen LogP contribution in [0.25, 0.3) is 11.0 Å². The second-order valence-corrected chi connectivity index (χ2v) is 7.13. The van der Waals surface area contributed by atoms with Crippen LogP contribution in [0.2, 0.25) is 0 Å². The summed E-state index contributed by atoms with van der Waals surface area (Å²) in [6.45, 7) is 4.82. The Balaban J connectivity index is 1.70. The largest absolute Gasteiger partial charge is 0.340 e. The number of aromatic nitrogens is 4. The molecule has 1 N–H and O–H groups in total. The van der Waals surface area contributed by atoms with Gasteiger partial charge in [0, 0.05) is 12.7 Å². The van der Waals surface area contributed by atoms with E-state index >= 15 is 0 Å². The molecule has 1 saturated heterocycles. The Bertz CT molecular complexity index is 900. The second-order valence-electron chi connectivity index (χ2n) is 7.13. The number of carbonyl (C=O) groups is 1. The molecule has 134 valence electrons. The molecule has 1 atom stereocenters. The number of amides is 1. The normalized spacial score (nSPS) is 17.8. The Morgan fingerprint density at radius 3 is 2.92 bits per heavy atom. The fraction of sp³-hybridized carbons (Fsp3) is 0.400. The number of imidazole rings is 1. The predicted octanol–water partition coefficient (Wildman–Crippen LogP) is 3.84. The van der Waals surface area contributed by atoms with Crippen molar-refractivity contribution in [3.63, 3.8) is 0 Å². The first-order chi connectivity index (χ1) is 12.6. The summed E-state index contributed by atoms with van der Waals surface area (Å²) in [6.07, 6.45) is 6.17. The van der Waals surface area contributed by atoms with Crippen molar-refractivity contribution in [2.75, 3.05) is 6.54 Å². The second kappa shape index (κ2) is 6.86. The zero-order valence-corrected chi connectivity index (χ0v) is 15.1. The average molecular weight is 349 g/mol. The molecule has 0 saturated carbocycles. The molecule has 4 rings (SSSR count). The van der Waals surface area contributed by atoms with Crippen LogP contribution in [-0.2, 0) is 0 Å². The minimum absolute atomic E-state index is 0.000504. The van der Waals surface area contributed by atoms with E-state index in [1.165, 1.54) is 6.33 Å². The molecule has 1 aromatic carbocycles. The first kappa shape index (κ1) is 16.7. The Labute approximate surface area is 152 Å². The number of benzene rings is 1. The van der Waals surface area contributed by atoms with Crippen LogP contribution in [0.15, 0.2) is 36.8 Å². The van der Waals surface area contributed by atoms with Gasteiger partial charge in [0.05, 0.1) is 28.3 Å². The third-order valence-electron chi connectivity index (χ3n) is 5.01. The van der Waals surface area contributed by atoms with Crippen molar-refractivity contribution in [1.29, 1.82) is 0 Å². The van der Waals surface area contributed by atoms with Crippen molar-refractivity contribution in [3.05, 3.63) is 53.9 Å². The van der Waals surface area contributed by atoms with E-state index in [1.54, 1.807) is 6.20 Å². The van der Waals surface area contributed by atoms with Gasteiger partial charge in [-0.25, -0.2) is 15.0 Å². The molecule has 6 heteroatoms. The molecule has 1 aliphatic heterocycles. The standard InChI is InChI=1S/C20H23N5O/c1-13(2)18-14(11-21-12-22-18)20(26)25-10-6-5-9-17(25)19-23-15-7-3-4-8-16(15)24-19/h3-4,7-8,11-13,17H,5-6,9-10H2,1-2H3,(H,23,24). The number of aromatic amines is 1. The fourth-order valence-corrected chi connectivity index (χ4v) is 3.71. The van der Waals surface area contributed by atoms with Gasteiger partial charge in [-0.2, -0.15) is 0 Å². The predicted molar refractivity (Wildman–Crippen MR) is 99.8 cm³/mol. The van der Waals surface area contributed by atoms with Gasteiger partial charge < -0.3 is 9.88 Å². The Kier molecular flexibility index (Phi) is 4.41. The van der Waals surface area contributed by atoms with Gasteiger partial charge in [0.1, 0.15) is 12.2 Å². The highest BCUT2D eigenvalue weighted by atomic mass is 16.2. The molecule has 1 aliphatic rings. The summed E-state index contributed by atoms with van der Waals surface area (Å²) in [7, 11) is 0. The van der Waals surface area contributed by atoms with Crippen molar-refractivity contribution < 1.29 is 4.79 Å². The fourth-order valence-electron chi connectivity index (χ4n) is 3.71. The van der Waals surface area contributed by atoms with E-state index < -0.39 is 0 Å². The number of nitrogens with one attached hydrogen (secondary N) is 1. The van der Waals surface area contributed by atoms with Gasteiger partial charge in [-0.15, -0.1) is 0 Å². The van der Waals surface area contributed by atoms with Gasteiger partial charge in [0.25, 0.3) is 5.91 Å². The Morgan fingerprint density at radius 2 is 2.12 bits per heavy atom. The minimum Gasteiger partial charge on any atom is -0.340 e. The number of piperidine rings is 1. The van der Waals surface area contributed by atoms with E-state index in [0.717, 1.165) is 48.4 Å². The molecule has 0 radical (unpaired) electrons. The topological polar surface area (TPSA) is 74.8 Å². The van der Waals surface area contributed by atoms with Crippen LogP contribution in [0.5, 0.6) is 0 Å². The van der Waals surface area contributed by atoms with Gasteiger partial charge in [0.15, 0.2) is 0 Å². The first-order valence-electron chi connectivity index (χ1n) is 9.20. The molecule has 0 aliphatic carbocycles. The van der Waals surface area contributed by atoms with Crippen molar-refractivity contribution in [2.45, 2.75) is 45.1 Å². The number of hydrogen-bond acceptors (Lipinski definition) is 4. The molecule has 3 aromatic rings. The van der Waals surface area contributed by atoms with E-state index in [0.29, 0.717) is 5.56 Å². The highest BCUT2D eigenvalue weighted by molar-refractivity contribution is 5.95. The molecular weight excluding hydrogens is 326 g/mol. The summed E-state index contributed by atoms with van der Waals surface area (Å²) in [5.41, 5.74) is 3.35. The number of H-pyrrole nitrogens is 1. The Morgan fingerprint density at radius 1 is 1.27 bits per heavy atom. The monoisotopic (exact) mass is 349 g/mol. The summed E-state index contributed by atoms with van der Waals surface area (Å²) in [6, 6.07) is 7.94. The number of nitrogens with zero attached hydrogens (tertiary/aromatic N) is 4. The number of fused-ring (bicyclic) bond motifs is 1. The molecule has 6 nitrogen and oxygen atoms in total. The van der Waals surface area contributed by atoms with Crippen molar-refractivity contribution in [1.82, 2.24) is 24.8 Å². The number of para-hydroxylation sites is 2. The third kappa shape index (κ3) is 2.96. The molecule has 3 heterocycles. The molecule has 1 unspecified atom stereocenters. The van der Waals surface area contributed by atoms with Crippen LogP contribution in [0.4, 0.5) is 0 Å². The molecule has 1 amide bonds. The molecule has 2 aromatic heterocycles. The van der Waals surface area contributed by atoms with E-state index in [1.807, 2.05) is 43.0 Å². The van der Waals surface area contributed by atoms with E-state index in [9.17, 15) is 4.79 Å². The van der Waals surface area contributed by atoms with E-state index in [4.69, 9.17) is 4.98 Å². The lowest BCUT2D eigenvalue weighted by atomic mass is 9.98. The van der Waals surface area contributed by atoms with Gasteiger partial charge in [-0.1, -0.05) is 26.0 Å². The van der Waals surface area contributed by atoms with Gasteiger partial charge in [0.2, 0.25) is 0 Å². The summed E-state index contributed by atoms with van der Waals surface area (Å²) in [5.74, 6) is 1.04. The molecule has 1 fully saturated rings.